The summed E-state index contributed by atoms with van der Waals surface area (Å²) in [4.78, 5) is 28.1. The molecule has 0 atom stereocenters. The lowest BCUT2D eigenvalue weighted by Gasteiger charge is -2.07. The first-order valence-corrected chi connectivity index (χ1v) is 5.96. The Kier molecular flexibility index (Phi) is 3.43. The molecule has 2 aromatic heterocycles. The van der Waals surface area contributed by atoms with Gasteiger partial charge in [0.1, 0.15) is 0 Å². The fourth-order valence-electron chi connectivity index (χ4n) is 2.02. The molecule has 0 unspecified atom stereocenters. The van der Waals surface area contributed by atoms with Gasteiger partial charge in [0.15, 0.2) is 11.2 Å². The minimum absolute atomic E-state index is 0.0805. The van der Waals surface area contributed by atoms with Gasteiger partial charge in [0.25, 0.3) is 5.56 Å². The summed E-state index contributed by atoms with van der Waals surface area (Å²) in [6.07, 6.45) is 0.583. The third-order valence-electron chi connectivity index (χ3n) is 3.08. The summed E-state index contributed by atoms with van der Waals surface area (Å²) >= 11 is 0. The van der Waals surface area contributed by atoms with Crippen LogP contribution in [0.5, 0.6) is 0 Å². The number of rotatable bonds is 4. The van der Waals surface area contributed by atoms with Crippen molar-refractivity contribution in [1.82, 2.24) is 18.7 Å². The Labute approximate surface area is 108 Å². The Morgan fingerprint density at radius 1 is 1.16 bits per heavy atom. The smallest absolute Gasteiger partial charge is 0.332 e. The molecule has 0 aliphatic heterocycles. The highest BCUT2D eigenvalue weighted by molar-refractivity contribution is 5.73. The second kappa shape index (κ2) is 4.88. The van der Waals surface area contributed by atoms with Crippen LogP contribution in [0.15, 0.2) is 9.59 Å². The Morgan fingerprint density at radius 2 is 1.84 bits per heavy atom. The highest BCUT2D eigenvalue weighted by atomic mass is 16.3. The molecule has 0 bridgehead atoms. The molecular weight excluding hydrogens is 250 g/mol. The first-order chi connectivity index (χ1) is 8.99. The standard InChI is InChI=1S/C11H17N5O3/c1-14-8-7(13-10(14)12-5-4-6-17)9(18)16(3)11(19)15(8)2/h17H,4-6H2,1-3H3,(H,12,13). The zero-order valence-electron chi connectivity index (χ0n) is 11.2. The summed E-state index contributed by atoms with van der Waals surface area (Å²) in [6.45, 7) is 0.624. The van der Waals surface area contributed by atoms with Crippen molar-refractivity contribution in [3.63, 3.8) is 0 Å². The third-order valence-corrected chi connectivity index (χ3v) is 3.08. The molecule has 0 amide bonds. The van der Waals surface area contributed by atoms with Gasteiger partial charge < -0.3 is 10.4 Å². The summed E-state index contributed by atoms with van der Waals surface area (Å²) < 4.78 is 4.09. The van der Waals surface area contributed by atoms with Crippen LogP contribution < -0.4 is 16.6 Å². The van der Waals surface area contributed by atoms with Gasteiger partial charge in [-0.15, -0.1) is 0 Å². The number of aliphatic hydroxyl groups is 1. The third kappa shape index (κ3) is 2.03. The monoisotopic (exact) mass is 267 g/mol. The van der Waals surface area contributed by atoms with Gasteiger partial charge in [-0.2, -0.15) is 0 Å². The lowest BCUT2D eigenvalue weighted by Crippen LogP contribution is -2.37. The number of nitrogens with zero attached hydrogens (tertiary/aromatic N) is 4. The van der Waals surface area contributed by atoms with E-state index in [1.165, 1.54) is 11.6 Å². The molecule has 2 N–H and O–H groups in total. The quantitative estimate of drug-likeness (QED) is 0.676. The molecule has 0 radical (unpaired) electrons. The largest absolute Gasteiger partial charge is 0.396 e. The van der Waals surface area contributed by atoms with Crippen LogP contribution in [0.1, 0.15) is 6.42 Å². The van der Waals surface area contributed by atoms with E-state index in [4.69, 9.17) is 5.11 Å². The molecule has 8 heteroatoms. The number of hydrogen-bond donors (Lipinski definition) is 2. The number of nitrogens with one attached hydrogen (secondary N) is 1. The maximum atomic E-state index is 12.0. The lowest BCUT2D eigenvalue weighted by atomic mass is 10.4. The van der Waals surface area contributed by atoms with Crippen LogP contribution in [0, 0.1) is 0 Å². The van der Waals surface area contributed by atoms with Gasteiger partial charge in [-0.1, -0.05) is 0 Å². The van der Waals surface area contributed by atoms with E-state index < -0.39 is 5.56 Å². The van der Waals surface area contributed by atoms with E-state index in [0.29, 0.717) is 24.6 Å². The maximum absolute atomic E-state index is 12.0. The SMILES string of the molecule is Cn1c(=O)c2nc(NCCCO)n(C)c2n(C)c1=O. The summed E-state index contributed by atoms with van der Waals surface area (Å²) in [7, 11) is 4.76. The molecule has 104 valence electrons. The van der Waals surface area contributed by atoms with Crippen molar-refractivity contribution in [2.45, 2.75) is 6.42 Å². The number of aryl methyl sites for hydroxylation is 2. The van der Waals surface area contributed by atoms with E-state index in [1.54, 1.807) is 18.7 Å². The molecule has 0 aliphatic carbocycles. The molecule has 0 aliphatic rings. The van der Waals surface area contributed by atoms with Crippen molar-refractivity contribution in [2.24, 2.45) is 21.1 Å². The number of hydrogen-bond acceptors (Lipinski definition) is 5. The van der Waals surface area contributed by atoms with Gasteiger partial charge >= 0.3 is 5.69 Å². The summed E-state index contributed by atoms with van der Waals surface area (Å²) in [6, 6.07) is 0. The molecular formula is C11H17N5O3. The Hall–Kier alpha value is -2.09. The molecule has 0 saturated carbocycles. The number of fused-ring (bicyclic) bond motifs is 1. The number of aliphatic hydroxyl groups excluding tert-OH is 1. The fraction of sp³-hybridized carbons (Fsp3) is 0.545. The first kappa shape index (κ1) is 13.3. The van der Waals surface area contributed by atoms with E-state index in [2.05, 4.69) is 10.3 Å². The van der Waals surface area contributed by atoms with Crippen molar-refractivity contribution >= 4 is 17.1 Å². The van der Waals surface area contributed by atoms with Crippen LogP contribution in [0.3, 0.4) is 0 Å². The van der Waals surface area contributed by atoms with Gasteiger partial charge in [0, 0.05) is 34.3 Å². The van der Waals surface area contributed by atoms with E-state index >= 15 is 0 Å². The molecule has 8 nitrogen and oxygen atoms in total. The average molecular weight is 267 g/mol. The van der Waals surface area contributed by atoms with E-state index in [-0.39, 0.29) is 17.8 Å². The number of aromatic nitrogens is 4. The highest BCUT2D eigenvalue weighted by Gasteiger charge is 2.16. The van der Waals surface area contributed by atoms with Crippen LogP contribution in [0.25, 0.3) is 11.2 Å². The molecule has 0 fully saturated rings. The number of imidazole rings is 1. The van der Waals surface area contributed by atoms with Crippen LogP contribution in [-0.2, 0) is 21.1 Å². The van der Waals surface area contributed by atoms with E-state index in [1.807, 2.05) is 0 Å². The summed E-state index contributed by atoms with van der Waals surface area (Å²) in [5, 5.41) is 11.8. The number of anilines is 1. The molecule has 2 heterocycles. The molecule has 19 heavy (non-hydrogen) atoms. The van der Waals surface area contributed by atoms with Gasteiger partial charge in [-0.25, -0.2) is 9.78 Å². The van der Waals surface area contributed by atoms with Gasteiger partial charge in [0.05, 0.1) is 0 Å². The van der Waals surface area contributed by atoms with Gasteiger partial charge in [-0.3, -0.25) is 18.5 Å². The second-order valence-electron chi connectivity index (χ2n) is 4.38. The topological polar surface area (TPSA) is 94.1 Å². The van der Waals surface area contributed by atoms with Crippen molar-refractivity contribution in [1.29, 1.82) is 0 Å². The second-order valence-corrected chi connectivity index (χ2v) is 4.38. The zero-order valence-corrected chi connectivity index (χ0v) is 11.2. The van der Waals surface area contributed by atoms with Crippen molar-refractivity contribution < 1.29 is 5.11 Å². The van der Waals surface area contributed by atoms with Crippen LogP contribution in [0.4, 0.5) is 5.95 Å². The predicted molar refractivity (Wildman–Crippen MR) is 71.4 cm³/mol. The van der Waals surface area contributed by atoms with Gasteiger partial charge in [-0.05, 0) is 6.42 Å². The summed E-state index contributed by atoms with van der Waals surface area (Å²) in [5.74, 6) is 0.502. The highest BCUT2D eigenvalue weighted by Crippen LogP contribution is 2.12. The van der Waals surface area contributed by atoms with E-state index in [0.717, 1.165) is 4.57 Å². The molecule has 2 aromatic rings. The van der Waals surface area contributed by atoms with Crippen molar-refractivity contribution in [3.8, 4) is 0 Å². The zero-order chi connectivity index (χ0) is 14.2. The van der Waals surface area contributed by atoms with Crippen LogP contribution in [-0.4, -0.2) is 36.9 Å². The minimum Gasteiger partial charge on any atom is -0.396 e. The average Bonchev–Trinajstić information content (AvgIpc) is 2.72. The fourth-order valence-corrected chi connectivity index (χ4v) is 2.02. The van der Waals surface area contributed by atoms with Crippen LogP contribution >= 0.6 is 0 Å². The molecule has 0 aromatic carbocycles. The van der Waals surface area contributed by atoms with Crippen molar-refractivity contribution in [2.75, 3.05) is 18.5 Å². The Balaban J connectivity index is 2.64. The normalized spacial score (nSPS) is 11.2. The summed E-state index contributed by atoms with van der Waals surface area (Å²) in [5.41, 5.74) is -0.0792. The molecule has 0 spiro atoms. The first-order valence-electron chi connectivity index (χ1n) is 5.96. The van der Waals surface area contributed by atoms with Crippen LogP contribution in [0.2, 0.25) is 0 Å². The Bertz CT molecular complexity index is 724. The van der Waals surface area contributed by atoms with Gasteiger partial charge in [0.2, 0.25) is 5.95 Å². The minimum atomic E-state index is -0.413. The van der Waals surface area contributed by atoms with Crippen molar-refractivity contribution in [3.05, 3.63) is 20.8 Å². The van der Waals surface area contributed by atoms with E-state index in [9.17, 15) is 9.59 Å². The Morgan fingerprint density at radius 3 is 2.47 bits per heavy atom. The predicted octanol–water partition coefficient (Wildman–Crippen LogP) is -1.23. The molecule has 0 saturated heterocycles. The lowest BCUT2D eigenvalue weighted by molar-refractivity contribution is 0.292. The maximum Gasteiger partial charge on any atom is 0.332 e. The molecule has 2 rings (SSSR count).